The van der Waals surface area contributed by atoms with Gasteiger partial charge in [-0.1, -0.05) is 0 Å². The predicted molar refractivity (Wildman–Crippen MR) is 92.8 cm³/mol. The zero-order valence-electron chi connectivity index (χ0n) is 13.6. The van der Waals surface area contributed by atoms with Gasteiger partial charge in [0.25, 0.3) is 0 Å². The number of thioether (sulfide) groups is 1. The first-order valence-electron chi connectivity index (χ1n) is 7.51. The molecule has 0 saturated carbocycles. The summed E-state index contributed by atoms with van der Waals surface area (Å²) in [6.07, 6.45) is 4.57. The molecule has 1 aliphatic rings. The Bertz CT molecular complexity index is 676. The molecule has 2 N–H and O–H groups in total. The highest BCUT2D eigenvalue weighted by Crippen LogP contribution is 2.44. The van der Waals surface area contributed by atoms with Crippen molar-refractivity contribution in [1.29, 1.82) is 0 Å². The minimum Gasteiger partial charge on any atom is -0.486 e. The van der Waals surface area contributed by atoms with Crippen molar-refractivity contribution in [2.75, 3.05) is 11.5 Å². The molecular formula is C18H22N2OS. The Balaban J connectivity index is 1.84. The van der Waals surface area contributed by atoms with Gasteiger partial charge in [-0.25, -0.2) is 0 Å². The lowest BCUT2D eigenvalue weighted by atomic mass is 9.93. The number of nitrogen functional groups attached to an aromatic ring is 1. The van der Waals surface area contributed by atoms with Crippen LogP contribution in [0.25, 0.3) is 0 Å². The highest BCUT2D eigenvalue weighted by molar-refractivity contribution is 7.99. The van der Waals surface area contributed by atoms with Gasteiger partial charge in [-0.15, -0.1) is 11.8 Å². The molecule has 2 aromatic rings. The Morgan fingerprint density at radius 1 is 1.18 bits per heavy atom. The molecule has 3 rings (SSSR count). The van der Waals surface area contributed by atoms with Crippen LogP contribution in [-0.4, -0.2) is 16.3 Å². The van der Waals surface area contributed by atoms with Gasteiger partial charge in [0.2, 0.25) is 0 Å². The van der Waals surface area contributed by atoms with Crippen LogP contribution in [0.1, 0.15) is 29.2 Å². The fourth-order valence-corrected chi connectivity index (χ4v) is 3.92. The Hall–Kier alpha value is -1.68. The summed E-state index contributed by atoms with van der Waals surface area (Å²) in [6.45, 7) is 8.46. The molecule has 1 aromatic heterocycles. The molecule has 1 atom stereocenters. The molecule has 4 heteroatoms. The average Bonchev–Trinajstić information content (AvgIpc) is 2.89. The van der Waals surface area contributed by atoms with Crippen LogP contribution in [0.3, 0.4) is 0 Å². The second-order valence-electron chi connectivity index (χ2n) is 6.30. The molecule has 2 heterocycles. The van der Waals surface area contributed by atoms with Crippen LogP contribution in [0.2, 0.25) is 0 Å². The van der Waals surface area contributed by atoms with Crippen LogP contribution in [0.4, 0.5) is 5.69 Å². The second-order valence-corrected chi connectivity index (χ2v) is 7.35. The Labute approximate surface area is 136 Å². The van der Waals surface area contributed by atoms with E-state index in [0.717, 1.165) is 29.2 Å². The van der Waals surface area contributed by atoms with Crippen LogP contribution in [0, 0.1) is 20.8 Å². The lowest BCUT2D eigenvalue weighted by Crippen LogP contribution is -2.33. The van der Waals surface area contributed by atoms with E-state index in [0.29, 0.717) is 0 Å². The number of anilines is 1. The summed E-state index contributed by atoms with van der Waals surface area (Å²) in [4.78, 5) is 5.28. The number of hydrogen-bond acceptors (Lipinski definition) is 4. The molecule has 0 radical (unpaired) electrons. The number of rotatable bonds is 3. The number of aromatic nitrogens is 1. The second kappa shape index (κ2) is 5.51. The van der Waals surface area contributed by atoms with Crippen molar-refractivity contribution in [3.63, 3.8) is 0 Å². The molecule has 0 bridgehead atoms. The van der Waals surface area contributed by atoms with Gasteiger partial charge in [0.1, 0.15) is 11.4 Å². The van der Waals surface area contributed by atoms with Crippen LogP contribution in [0.15, 0.2) is 29.4 Å². The SMILES string of the molecule is Cc1c(C)c2c(c(C)c1N)CC(C)(CSc1ccncc1)O2. The molecule has 1 aromatic carbocycles. The number of benzene rings is 1. The fourth-order valence-electron chi connectivity index (χ4n) is 2.97. The van der Waals surface area contributed by atoms with Crippen molar-refractivity contribution >= 4 is 17.4 Å². The monoisotopic (exact) mass is 314 g/mol. The van der Waals surface area contributed by atoms with Crippen molar-refractivity contribution < 1.29 is 4.74 Å². The largest absolute Gasteiger partial charge is 0.486 e. The zero-order chi connectivity index (χ0) is 15.9. The number of pyridine rings is 1. The van der Waals surface area contributed by atoms with Gasteiger partial charge >= 0.3 is 0 Å². The molecule has 0 spiro atoms. The van der Waals surface area contributed by atoms with Crippen molar-refractivity contribution in [3.8, 4) is 5.75 Å². The minimum atomic E-state index is -0.188. The van der Waals surface area contributed by atoms with Crippen LogP contribution in [0.5, 0.6) is 5.75 Å². The fraction of sp³-hybridized carbons (Fsp3) is 0.389. The number of hydrogen-bond donors (Lipinski definition) is 1. The third-order valence-electron chi connectivity index (χ3n) is 4.53. The Morgan fingerprint density at radius 3 is 2.55 bits per heavy atom. The summed E-state index contributed by atoms with van der Waals surface area (Å²) in [5, 5.41) is 0. The van der Waals surface area contributed by atoms with Crippen molar-refractivity contribution in [3.05, 3.63) is 46.8 Å². The number of nitrogens with zero attached hydrogens (tertiary/aromatic N) is 1. The number of nitrogens with two attached hydrogens (primary N) is 1. The molecule has 0 fully saturated rings. The van der Waals surface area contributed by atoms with Crippen molar-refractivity contribution in [2.45, 2.75) is 44.6 Å². The highest BCUT2D eigenvalue weighted by Gasteiger charge is 2.37. The maximum Gasteiger partial charge on any atom is 0.127 e. The zero-order valence-corrected chi connectivity index (χ0v) is 14.4. The summed E-state index contributed by atoms with van der Waals surface area (Å²) >= 11 is 1.81. The van der Waals surface area contributed by atoms with Gasteiger partial charge < -0.3 is 10.5 Å². The van der Waals surface area contributed by atoms with Gasteiger partial charge in [-0.05, 0) is 56.5 Å². The summed E-state index contributed by atoms with van der Waals surface area (Å²) < 4.78 is 6.37. The maximum absolute atomic E-state index is 6.37. The molecule has 1 aliphatic heterocycles. The third-order valence-corrected chi connectivity index (χ3v) is 5.89. The van der Waals surface area contributed by atoms with E-state index >= 15 is 0 Å². The van der Waals surface area contributed by atoms with Gasteiger partial charge in [0.05, 0.1) is 0 Å². The summed E-state index contributed by atoms with van der Waals surface area (Å²) in [5.74, 6) is 1.95. The van der Waals surface area contributed by atoms with Gasteiger partial charge in [0.15, 0.2) is 0 Å². The van der Waals surface area contributed by atoms with Crippen LogP contribution < -0.4 is 10.5 Å². The summed E-state index contributed by atoms with van der Waals surface area (Å²) in [5.41, 5.74) is 11.7. The van der Waals surface area contributed by atoms with Gasteiger partial charge in [-0.2, -0.15) is 0 Å². The molecule has 3 nitrogen and oxygen atoms in total. The van der Waals surface area contributed by atoms with E-state index in [-0.39, 0.29) is 5.60 Å². The van der Waals surface area contributed by atoms with E-state index in [4.69, 9.17) is 10.5 Å². The molecule has 1 unspecified atom stereocenters. The molecular weight excluding hydrogens is 292 g/mol. The highest BCUT2D eigenvalue weighted by atomic mass is 32.2. The van der Waals surface area contributed by atoms with Crippen LogP contribution in [-0.2, 0) is 6.42 Å². The average molecular weight is 314 g/mol. The Kier molecular flexibility index (Phi) is 3.81. The first kappa shape index (κ1) is 15.2. The normalized spacial score (nSPS) is 19.8. The Morgan fingerprint density at radius 2 is 1.86 bits per heavy atom. The first-order valence-corrected chi connectivity index (χ1v) is 8.50. The summed E-state index contributed by atoms with van der Waals surface area (Å²) in [7, 11) is 0. The predicted octanol–water partition coefficient (Wildman–Crippen LogP) is 4.07. The van der Waals surface area contributed by atoms with E-state index in [1.807, 2.05) is 36.3 Å². The topological polar surface area (TPSA) is 48.1 Å². The van der Waals surface area contributed by atoms with Crippen molar-refractivity contribution in [1.82, 2.24) is 4.98 Å². The molecule has 0 aliphatic carbocycles. The maximum atomic E-state index is 6.37. The summed E-state index contributed by atoms with van der Waals surface area (Å²) in [6, 6.07) is 4.07. The standard InChI is InChI=1S/C18H22N2OS/c1-11-12(2)17-15(13(3)16(11)19)9-18(4,21-17)10-22-14-5-7-20-8-6-14/h5-8H,9-10,19H2,1-4H3. The van der Waals surface area contributed by atoms with E-state index in [1.54, 1.807) is 0 Å². The van der Waals surface area contributed by atoms with Crippen LogP contribution >= 0.6 is 11.8 Å². The first-order chi connectivity index (χ1) is 10.4. The smallest absolute Gasteiger partial charge is 0.127 e. The van der Waals surface area contributed by atoms with Crippen molar-refractivity contribution in [2.24, 2.45) is 0 Å². The van der Waals surface area contributed by atoms with Gasteiger partial charge in [-0.3, -0.25) is 4.98 Å². The number of ether oxygens (including phenoxy) is 1. The number of fused-ring (bicyclic) bond motifs is 1. The molecule has 0 amide bonds. The van der Waals surface area contributed by atoms with E-state index in [1.165, 1.54) is 21.6 Å². The quantitative estimate of drug-likeness (QED) is 0.685. The van der Waals surface area contributed by atoms with E-state index in [9.17, 15) is 0 Å². The van der Waals surface area contributed by atoms with E-state index < -0.39 is 0 Å². The third kappa shape index (κ3) is 2.56. The molecule has 22 heavy (non-hydrogen) atoms. The minimum absolute atomic E-state index is 0.188. The van der Waals surface area contributed by atoms with Gasteiger partial charge in [0, 0.05) is 40.7 Å². The molecule has 0 saturated heterocycles. The lowest BCUT2D eigenvalue weighted by molar-refractivity contribution is 0.143. The lowest BCUT2D eigenvalue weighted by Gasteiger charge is -2.24. The molecule has 116 valence electrons. The van der Waals surface area contributed by atoms with E-state index in [2.05, 4.69) is 32.7 Å².